The molecule has 0 N–H and O–H groups in total. The van der Waals surface area contributed by atoms with Crippen LogP contribution in [0.25, 0.3) is 0 Å². The number of carbonyl (C=O) groups excluding carboxylic acids is 1. The van der Waals surface area contributed by atoms with E-state index in [4.69, 9.17) is 4.74 Å². The van der Waals surface area contributed by atoms with Crippen LogP contribution in [-0.2, 0) is 19.7 Å². The first-order valence-electron chi connectivity index (χ1n) is 8.89. The summed E-state index contributed by atoms with van der Waals surface area (Å²) in [5.41, 5.74) is 0. The molecule has 0 aromatic heterocycles. The third kappa shape index (κ3) is 5.68. The molecule has 1 amide bonds. The highest BCUT2D eigenvalue weighted by Crippen LogP contribution is 2.13. The summed E-state index contributed by atoms with van der Waals surface area (Å²) in [6.45, 7) is 12.6. The van der Waals surface area contributed by atoms with Crippen LogP contribution in [0.5, 0.6) is 0 Å². The predicted octanol–water partition coefficient (Wildman–Crippen LogP) is 1.17. The molecule has 1 heterocycles. The Morgan fingerprint density at radius 2 is 1.62 bits per heavy atom. The van der Waals surface area contributed by atoms with Gasteiger partial charge < -0.3 is 9.64 Å². The van der Waals surface area contributed by atoms with Gasteiger partial charge in [-0.05, 0) is 19.3 Å². The highest BCUT2D eigenvalue weighted by atomic mass is 32.2. The molecular formula is C16H33N3O4S. The molecule has 1 atom stereocenters. The minimum absolute atomic E-state index is 0.0568. The largest absolute Gasteiger partial charge is 0.369 e. The summed E-state index contributed by atoms with van der Waals surface area (Å²) in [6.07, 6.45) is 0.447. The van der Waals surface area contributed by atoms with E-state index in [9.17, 15) is 13.2 Å². The van der Waals surface area contributed by atoms with Crippen molar-refractivity contribution in [3.63, 3.8) is 0 Å². The summed E-state index contributed by atoms with van der Waals surface area (Å²) >= 11 is 0. The Morgan fingerprint density at radius 3 is 2.08 bits per heavy atom. The fourth-order valence-corrected chi connectivity index (χ4v) is 4.27. The lowest BCUT2D eigenvalue weighted by Crippen LogP contribution is -2.55. The van der Waals surface area contributed by atoms with Crippen molar-refractivity contribution >= 4 is 16.1 Å². The number of nitrogens with zero attached hydrogens (tertiary/aromatic N) is 3. The van der Waals surface area contributed by atoms with E-state index >= 15 is 0 Å². The lowest BCUT2D eigenvalue weighted by Gasteiger charge is -2.37. The molecule has 7 nitrogen and oxygen atoms in total. The molecule has 1 fully saturated rings. The van der Waals surface area contributed by atoms with Crippen LogP contribution in [-0.4, -0.2) is 79.8 Å². The Kier molecular flexibility index (Phi) is 8.62. The second kappa shape index (κ2) is 9.70. The molecule has 0 aromatic rings. The van der Waals surface area contributed by atoms with Crippen LogP contribution >= 0.6 is 0 Å². The second-order valence-corrected chi connectivity index (χ2v) is 8.44. The highest BCUT2D eigenvalue weighted by molar-refractivity contribution is 7.86. The second-order valence-electron chi connectivity index (χ2n) is 6.51. The zero-order chi connectivity index (χ0) is 18.3. The SMILES string of the molecule is CCN(CC)S(=O)(=O)N1CCN(C(=O)[C@H](C)OCCC(C)C)CC1. The van der Waals surface area contributed by atoms with Crippen molar-refractivity contribution in [2.24, 2.45) is 5.92 Å². The molecule has 1 aliphatic heterocycles. The molecule has 0 aliphatic carbocycles. The fraction of sp³-hybridized carbons (Fsp3) is 0.938. The van der Waals surface area contributed by atoms with Gasteiger partial charge in [-0.1, -0.05) is 27.7 Å². The molecule has 24 heavy (non-hydrogen) atoms. The summed E-state index contributed by atoms with van der Waals surface area (Å²) in [5, 5.41) is 0. The Bertz CT molecular complexity index is 484. The summed E-state index contributed by atoms with van der Waals surface area (Å²) in [7, 11) is -3.42. The van der Waals surface area contributed by atoms with Crippen molar-refractivity contribution in [1.29, 1.82) is 0 Å². The number of amides is 1. The summed E-state index contributed by atoms with van der Waals surface area (Å²) in [6, 6.07) is 0. The molecule has 0 aromatic carbocycles. The summed E-state index contributed by atoms with van der Waals surface area (Å²) < 4.78 is 33.5. The fourth-order valence-electron chi connectivity index (χ4n) is 2.66. The standard InChI is InChI=1S/C16H33N3O4S/c1-6-18(7-2)24(21,22)19-11-9-17(10-12-19)16(20)15(5)23-13-8-14(3)4/h14-15H,6-13H2,1-5H3/t15-/m0/s1. The Morgan fingerprint density at radius 1 is 1.08 bits per heavy atom. The van der Waals surface area contributed by atoms with Gasteiger partial charge in [-0.25, -0.2) is 0 Å². The van der Waals surface area contributed by atoms with E-state index in [0.717, 1.165) is 6.42 Å². The molecule has 0 saturated carbocycles. The van der Waals surface area contributed by atoms with Gasteiger partial charge >= 0.3 is 0 Å². The number of hydrogen-bond donors (Lipinski definition) is 0. The van der Waals surface area contributed by atoms with E-state index in [-0.39, 0.29) is 5.91 Å². The smallest absolute Gasteiger partial charge is 0.282 e. The molecule has 8 heteroatoms. The monoisotopic (exact) mass is 363 g/mol. The van der Waals surface area contributed by atoms with Crippen LogP contribution in [0.15, 0.2) is 0 Å². The van der Waals surface area contributed by atoms with E-state index in [1.165, 1.54) is 8.61 Å². The third-order valence-electron chi connectivity index (χ3n) is 4.32. The highest BCUT2D eigenvalue weighted by Gasteiger charge is 2.33. The first kappa shape index (κ1) is 21.3. The summed E-state index contributed by atoms with van der Waals surface area (Å²) in [5.74, 6) is 0.486. The van der Waals surface area contributed by atoms with Crippen molar-refractivity contribution < 1.29 is 17.9 Å². The first-order chi connectivity index (χ1) is 11.2. The van der Waals surface area contributed by atoms with Crippen molar-refractivity contribution in [2.45, 2.75) is 47.1 Å². The third-order valence-corrected chi connectivity index (χ3v) is 6.51. The van der Waals surface area contributed by atoms with Gasteiger partial charge in [0.2, 0.25) is 0 Å². The van der Waals surface area contributed by atoms with Gasteiger partial charge in [0.1, 0.15) is 6.10 Å². The number of carbonyl (C=O) groups is 1. The average Bonchev–Trinajstić information content (AvgIpc) is 2.54. The van der Waals surface area contributed by atoms with Gasteiger partial charge in [-0.15, -0.1) is 0 Å². The van der Waals surface area contributed by atoms with Gasteiger partial charge in [0.05, 0.1) is 0 Å². The van der Waals surface area contributed by atoms with Crippen molar-refractivity contribution in [2.75, 3.05) is 45.9 Å². The molecule has 1 aliphatic rings. The first-order valence-corrected chi connectivity index (χ1v) is 10.3. The lowest BCUT2D eigenvalue weighted by atomic mass is 10.1. The summed E-state index contributed by atoms with van der Waals surface area (Å²) in [4.78, 5) is 14.1. The molecule has 142 valence electrons. The van der Waals surface area contributed by atoms with Gasteiger partial charge in [0.15, 0.2) is 0 Å². The predicted molar refractivity (Wildman–Crippen MR) is 94.9 cm³/mol. The quantitative estimate of drug-likeness (QED) is 0.616. The molecule has 1 saturated heterocycles. The molecule has 0 spiro atoms. The average molecular weight is 364 g/mol. The maximum absolute atomic E-state index is 12.5. The van der Waals surface area contributed by atoms with Crippen LogP contribution < -0.4 is 0 Å². The Balaban J connectivity index is 2.51. The molecule has 1 rings (SSSR count). The van der Waals surface area contributed by atoms with Crippen LogP contribution in [0.4, 0.5) is 0 Å². The maximum Gasteiger partial charge on any atom is 0.282 e. The molecule has 0 unspecified atom stereocenters. The minimum Gasteiger partial charge on any atom is -0.369 e. The number of ether oxygens (including phenoxy) is 1. The Hall–Kier alpha value is -0.700. The number of piperazine rings is 1. The van der Waals surface area contributed by atoms with Crippen LogP contribution in [0.2, 0.25) is 0 Å². The van der Waals surface area contributed by atoms with E-state index in [2.05, 4.69) is 13.8 Å². The molecule has 0 radical (unpaired) electrons. The van der Waals surface area contributed by atoms with Crippen molar-refractivity contribution in [3.05, 3.63) is 0 Å². The van der Waals surface area contributed by atoms with Gasteiger partial charge in [-0.3, -0.25) is 4.79 Å². The van der Waals surface area contributed by atoms with Gasteiger partial charge in [-0.2, -0.15) is 17.0 Å². The number of hydrogen-bond acceptors (Lipinski definition) is 4. The topological polar surface area (TPSA) is 70.2 Å². The van der Waals surface area contributed by atoms with Crippen LogP contribution in [0, 0.1) is 5.92 Å². The van der Waals surface area contributed by atoms with E-state index in [1.54, 1.807) is 11.8 Å². The maximum atomic E-state index is 12.5. The Labute approximate surface area is 147 Å². The zero-order valence-corrected chi connectivity index (χ0v) is 16.5. The molecular weight excluding hydrogens is 330 g/mol. The normalized spacial score (nSPS) is 18.4. The van der Waals surface area contributed by atoms with Gasteiger partial charge in [0.25, 0.3) is 16.1 Å². The van der Waals surface area contributed by atoms with E-state index < -0.39 is 16.3 Å². The minimum atomic E-state index is -3.42. The van der Waals surface area contributed by atoms with Crippen molar-refractivity contribution in [1.82, 2.24) is 13.5 Å². The van der Waals surface area contributed by atoms with Crippen molar-refractivity contribution in [3.8, 4) is 0 Å². The van der Waals surface area contributed by atoms with E-state index in [1.807, 2.05) is 13.8 Å². The lowest BCUT2D eigenvalue weighted by molar-refractivity contribution is -0.144. The molecule has 0 bridgehead atoms. The van der Waals surface area contributed by atoms with Gasteiger partial charge in [0, 0.05) is 45.9 Å². The van der Waals surface area contributed by atoms with Crippen LogP contribution in [0.1, 0.15) is 41.0 Å². The number of rotatable bonds is 9. The van der Waals surface area contributed by atoms with Crippen LogP contribution in [0.3, 0.4) is 0 Å². The van der Waals surface area contributed by atoms with E-state index in [0.29, 0.717) is 51.8 Å². The zero-order valence-electron chi connectivity index (χ0n) is 15.7.